The van der Waals surface area contributed by atoms with Crippen molar-refractivity contribution in [2.24, 2.45) is 0 Å². The van der Waals surface area contributed by atoms with Crippen LogP contribution in [0.25, 0.3) is 0 Å². The van der Waals surface area contributed by atoms with Crippen LogP contribution < -0.4 is 0 Å². The minimum atomic E-state index is -0.391. The molecule has 0 aliphatic carbocycles. The van der Waals surface area contributed by atoms with Crippen LogP contribution in [-0.4, -0.2) is 25.2 Å². The quantitative estimate of drug-likeness (QED) is 0.644. The van der Waals surface area contributed by atoms with E-state index in [2.05, 4.69) is 12.6 Å². The lowest BCUT2D eigenvalue weighted by molar-refractivity contribution is -0.143. The largest absolute Gasteiger partial charge is 0.466 e. The number of rotatable bonds is 6. The van der Waals surface area contributed by atoms with Crippen molar-refractivity contribution in [2.75, 3.05) is 13.2 Å². The molecule has 0 atom stereocenters. The van der Waals surface area contributed by atoms with Crippen LogP contribution in [0.15, 0.2) is 23.1 Å². The molecule has 4 nitrogen and oxygen atoms in total. The Kier molecular flexibility index (Phi) is 6.42. The average molecular weight is 282 g/mol. The van der Waals surface area contributed by atoms with Gasteiger partial charge in [0, 0.05) is 11.3 Å². The molecule has 104 valence electrons. The molecular weight excluding hydrogens is 264 g/mol. The minimum Gasteiger partial charge on any atom is -0.466 e. The highest BCUT2D eigenvalue weighted by Gasteiger charge is 2.15. The second-order valence-corrected chi connectivity index (χ2v) is 4.31. The molecule has 0 bridgehead atoms. The second kappa shape index (κ2) is 7.84. The standard InChI is InChI=1S/C14H18O4S/c1-3-17-13(15)9-8-10-11(14(16)18-4-2)6-5-7-12(10)19/h5-7,19H,3-4,8-9H2,1-2H3. The summed E-state index contributed by atoms with van der Waals surface area (Å²) in [5, 5.41) is 0. The molecule has 1 rings (SSSR count). The maximum absolute atomic E-state index is 11.8. The van der Waals surface area contributed by atoms with Gasteiger partial charge in [-0.1, -0.05) is 6.07 Å². The molecule has 5 heteroatoms. The third kappa shape index (κ3) is 4.59. The number of esters is 2. The van der Waals surface area contributed by atoms with E-state index in [9.17, 15) is 9.59 Å². The minimum absolute atomic E-state index is 0.220. The topological polar surface area (TPSA) is 52.6 Å². The summed E-state index contributed by atoms with van der Waals surface area (Å²) >= 11 is 4.33. The molecule has 0 saturated heterocycles. The van der Waals surface area contributed by atoms with Gasteiger partial charge in [-0.3, -0.25) is 4.79 Å². The molecule has 0 aliphatic heterocycles. The smallest absolute Gasteiger partial charge is 0.338 e. The molecule has 0 heterocycles. The highest BCUT2D eigenvalue weighted by Crippen LogP contribution is 2.21. The highest BCUT2D eigenvalue weighted by molar-refractivity contribution is 7.80. The van der Waals surface area contributed by atoms with Crippen LogP contribution in [0.3, 0.4) is 0 Å². The third-order valence-electron chi connectivity index (χ3n) is 2.53. The molecule has 1 aromatic rings. The van der Waals surface area contributed by atoms with Crippen LogP contribution in [0.1, 0.15) is 36.2 Å². The fraction of sp³-hybridized carbons (Fsp3) is 0.429. The Morgan fingerprint density at radius 1 is 1.16 bits per heavy atom. The van der Waals surface area contributed by atoms with E-state index in [4.69, 9.17) is 9.47 Å². The number of carbonyl (C=O) groups excluding carboxylic acids is 2. The monoisotopic (exact) mass is 282 g/mol. The summed E-state index contributed by atoms with van der Waals surface area (Å²) in [5.74, 6) is -0.675. The Morgan fingerprint density at radius 2 is 1.84 bits per heavy atom. The van der Waals surface area contributed by atoms with Gasteiger partial charge in [-0.15, -0.1) is 12.6 Å². The molecule has 0 fully saturated rings. The molecule has 0 aliphatic rings. The maximum Gasteiger partial charge on any atom is 0.338 e. The van der Waals surface area contributed by atoms with Gasteiger partial charge in [-0.2, -0.15) is 0 Å². The number of hydrogen-bond acceptors (Lipinski definition) is 5. The average Bonchev–Trinajstić information content (AvgIpc) is 2.37. The molecular formula is C14H18O4S. The lowest BCUT2D eigenvalue weighted by atomic mass is 10.0. The van der Waals surface area contributed by atoms with Crippen LogP contribution in [0.2, 0.25) is 0 Å². The summed E-state index contributed by atoms with van der Waals surface area (Å²) < 4.78 is 9.86. The second-order valence-electron chi connectivity index (χ2n) is 3.83. The summed E-state index contributed by atoms with van der Waals surface area (Å²) in [6.07, 6.45) is 0.629. The summed E-state index contributed by atoms with van der Waals surface area (Å²) in [4.78, 5) is 23.9. The molecule has 1 aromatic carbocycles. The predicted octanol–water partition coefficient (Wildman–Crippen LogP) is 2.65. The van der Waals surface area contributed by atoms with Gasteiger partial charge in [0.15, 0.2) is 0 Å². The van der Waals surface area contributed by atoms with Crippen molar-refractivity contribution in [3.63, 3.8) is 0 Å². The number of carbonyl (C=O) groups is 2. The predicted molar refractivity (Wildman–Crippen MR) is 74.6 cm³/mol. The molecule has 0 radical (unpaired) electrons. The van der Waals surface area contributed by atoms with Crippen LogP contribution in [0, 0.1) is 0 Å². The van der Waals surface area contributed by atoms with Crippen LogP contribution in [-0.2, 0) is 20.7 Å². The zero-order chi connectivity index (χ0) is 14.3. The molecule has 0 amide bonds. The van der Waals surface area contributed by atoms with Crippen LogP contribution in [0.4, 0.5) is 0 Å². The summed E-state index contributed by atoms with van der Waals surface area (Å²) in [7, 11) is 0. The normalized spacial score (nSPS) is 10.1. The first kappa shape index (κ1) is 15.6. The van der Waals surface area contributed by atoms with E-state index < -0.39 is 5.97 Å². The molecule has 0 spiro atoms. The molecule has 0 N–H and O–H groups in total. The van der Waals surface area contributed by atoms with Crippen molar-refractivity contribution in [1.82, 2.24) is 0 Å². The first-order chi connectivity index (χ1) is 9.10. The van der Waals surface area contributed by atoms with E-state index in [-0.39, 0.29) is 12.4 Å². The van der Waals surface area contributed by atoms with Gasteiger partial charge in [0.25, 0.3) is 0 Å². The van der Waals surface area contributed by atoms with Gasteiger partial charge in [-0.25, -0.2) is 4.79 Å². The fourth-order valence-electron chi connectivity index (χ4n) is 1.70. The Labute approximate surface area is 118 Å². The van der Waals surface area contributed by atoms with Gasteiger partial charge in [0.05, 0.1) is 18.8 Å². The van der Waals surface area contributed by atoms with Crippen LogP contribution >= 0.6 is 12.6 Å². The Balaban J connectivity index is 2.86. The summed E-state index contributed by atoms with van der Waals surface area (Å²) in [6, 6.07) is 5.20. The first-order valence-corrected chi connectivity index (χ1v) is 6.68. The lowest BCUT2D eigenvalue weighted by Gasteiger charge is -2.11. The SMILES string of the molecule is CCOC(=O)CCc1c(S)cccc1C(=O)OCC. The first-order valence-electron chi connectivity index (χ1n) is 6.23. The van der Waals surface area contributed by atoms with E-state index in [0.29, 0.717) is 30.1 Å². The number of ether oxygens (including phenoxy) is 2. The number of hydrogen-bond donors (Lipinski definition) is 1. The van der Waals surface area contributed by atoms with E-state index in [0.717, 1.165) is 5.56 Å². The van der Waals surface area contributed by atoms with Gasteiger partial charge >= 0.3 is 11.9 Å². The van der Waals surface area contributed by atoms with E-state index in [1.807, 2.05) is 0 Å². The Morgan fingerprint density at radius 3 is 2.47 bits per heavy atom. The third-order valence-corrected chi connectivity index (χ3v) is 2.95. The summed E-state index contributed by atoms with van der Waals surface area (Å²) in [6.45, 7) is 4.17. The summed E-state index contributed by atoms with van der Waals surface area (Å²) in [5.41, 5.74) is 1.18. The fourth-order valence-corrected chi connectivity index (χ4v) is 2.02. The van der Waals surface area contributed by atoms with E-state index in [1.54, 1.807) is 32.0 Å². The van der Waals surface area contributed by atoms with Crippen molar-refractivity contribution < 1.29 is 19.1 Å². The van der Waals surface area contributed by atoms with Gasteiger partial charge in [-0.05, 0) is 38.0 Å². The van der Waals surface area contributed by atoms with E-state index >= 15 is 0 Å². The van der Waals surface area contributed by atoms with Crippen LogP contribution in [0.5, 0.6) is 0 Å². The van der Waals surface area contributed by atoms with Crippen molar-refractivity contribution in [2.45, 2.75) is 31.6 Å². The van der Waals surface area contributed by atoms with Crippen molar-refractivity contribution in [1.29, 1.82) is 0 Å². The maximum atomic E-state index is 11.8. The molecule has 19 heavy (non-hydrogen) atoms. The van der Waals surface area contributed by atoms with Gasteiger partial charge in [0.1, 0.15) is 0 Å². The molecule has 0 saturated carbocycles. The number of thiol groups is 1. The van der Waals surface area contributed by atoms with Gasteiger partial charge < -0.3 is 9.47 Å². The lowest BCUT2D eigenvalue weighted by Crippen LogP contribution is -2.11. The van der Waals surface area contributed by atoms with Gasteiger partial charge in [0.2, 0.25) is 0 Å². The zero-order valence-electron chi connectivity index (χ0n) is 11.1. The molecule has 0 unspecified atom stereocenters. The number of benzene rings is 1. The van der Waals surface area contributed by atoms with Crippen molar-refractivity contribution >= 4 is 24.6 Å². The Bertz CT molecular complexity index is 457. The van der Waals surface area contributed by atoms with E-state index in [1.165, 1.54) is 0 Å². The van der Waals surface area contributed by atoms with Crippen molar-refractivity contribution in [3.8, 4) is 0 Å². The zero-order valence-corrected chi connectivity index (χ0v) is 12.0. The van der Waals surface area contributed by atoms with Crippen molar-refractivity contribution in [3.05, 3.63) is 29.3 Å². The Hall–Kier alpha value is -1.49. The molecule has 0 aromatic heterocycles. The highest BCUT2D eigenvalue weighted by atomic mass is 32.1.